The fraction of sp³-hybridized carbons (Fsp3) is 0.200. The van der Waals surface area contributed by atoms with E-state index in [0.717, 1.165) is 11.6 Å². The summed E-state index contributed by atoms with van der Waals surface area (Å²) >= 11 is 12.0. The van der Waals surface area contributed by atoms with Crippen LogP contribution in [0.5, 0.6) is 0 Å². The molecule has 0 radical (unpaired) electrons. The average Bonchev–Trinajstić information content (AvgIpc) is 2.40. The summed E-state index contributed by atoms with van der Waals surface area (Å²) in [6.07, 6.45) is 0.457. The topological polar surface area (TPSA) is 12.0 Å². The van der Waals surface area contributed by atoms with Gasteiger partial charge in [-0.25, -0.2) is 8.78 Å². The first-order valence-electron chi connectivity index (χ1n) is 6.07. The second kappa shape index (κ2) is 6.53. The minimum absolute atomic E-state index is 0.313. The smallest absolute Gasteiger partial charge is 0.130 e. The van der Waals surface area contributed by atoms with Gasteiger partial charge >= 0.3 is 0 Å². The Morgan fingerprint density at radius 1 is 1.10 bits per heavy atom. The molecule has 1 unspecified atom stereocenters. The summed E-state index contributed by atoms with van der Waals surface area (Å²) in [6.45, 7) is 0. The van der Waals surface area contributed by atoms with E-state index in [2.05, 4.69) is 5.32 Å². The molecule has 1 N–H and O–H groups in total. The van der Waals surface area contributed by atoms with E-state index in [1.807, 2.05) is 0 Å². The van der Waals surface area contributed by atoms with Crippen LogP contribution in [0.3, 0.4) is 0 Å². The molecule has 2 aromatic rings. The van der Waals surface area contributed by atoms with Gasteiger partial charge in [0.2, 0.25) is 0 Å². The lowest BCUT2D eigenvalue weighted by Crippen LogP contribution is -2.20. The third kappa shape index (κ3) is 3.48. The number of nitrogens with one attached hydrogen (secondary N) is 1. The summed E-state index contributed by atoms with van der Waals surface area (Å²) in [5.74, 6) is -1.18. The number of hydrogen-bond acceptors (Lipinski definition) is 1. The number of benzene rings is 2. The molecule has 106 valence electrons. The second-order valence-electron chi connectivity index (χ2n) is 4.45. The fourth-order valence-corrected chi connectivity index (χ4v) is 2.46. The van der Waals surface area contributed by atoms with Crippen LogP contribution in [0.4, 0.5) is 8.78 Å². The van der Waals surface area contributed by atoms with Gasteiger partial charge in [-0.15, -0.1) is 0 Å². The van der Waals surface area contributed by atoms with Crippen molar-refractivity contribution in [3.63, 3.8) is 0 Å². The van der Waals surface area contributed by atoms with Crippen molar-refractivity contribution in [3.8, 4) is 0 Å². The Morgan fingerprint density at radius 2 is 1.85 bits per heavy atom. The van der Waals surface area contributed by atoms with Crippen molar-refractivity contribution in [1.82, 2.24) is 5.32 Å². The van der Waals surface area contributed by atoms with Crippen molar-refractivity contribution in [3.05, 3.63) is 69.2 Å². The van der Waals surface area contributed by atoms with Crippen LogP contribution in [0, 0.1) is 11.6 Å². The summed E-state index contributed by atoms with van der Waals surface area (Å²) in [4.78, 5) is 0. The van der Waals surface area contributed by atoms with Gasteiger partial charge in [0.25, 0.3) is 0 Å². The van der Waals surface area contributed by atoms with Crippen LogP contribution in [0.1, 0.15) is 17.2 Å². The molecular weight excluding hydrogens is 303 g/mol. The second-order valence-corrected chi connectivity index (χ2v) is 5.29. The molecule has 1 nitrogen and oxygen atoms in total. The maximum absolute atomic E-state index is 13.8. The fourth-order valence-electron chi connectivity index (χ4n) is 2.07. The summed E-state index contributed by atoms with van der Waals surface area (Å²) < 4.78 is 26.8. The van der Waals surface area contributed by atoms with Crippen molar-refractivity contribution < 1.29 is 8.78 Å². The van der Waals surface area contributed by atoms with Crippen molar-refractivity contribution in [2.24, 2.45) is 0 Å². The van der Waals surface area contributed by atoms with E-state index >= 15 is 0 Å². The molecule has 0 heterocycles. The normalized spacial score (nSPS) is 12.4. The standard InChI is InChI=1S/C15H13Cl2F2N/c1-20-15(12-4-3-11(18)8-14(12)19)7-9-6-10(16)2-5-13(9)17/h2-6,8,15,20H,7H2,1H3. The molecule has 5 heteroatoms. The first-order valence-corrected chi connectivity index (χ1v) is 6.83. The van der Waals surface area contributed by atoms with Crippen LogP contribution in [0.25, 0.3) is 0 Å². The minimum Gasteiger partial charge on any atom is -0.313 e. The van der Waals surface area contributed by atoms with E-state index in [0.29, 0.717) is 22.0 Å². The lowest BCUT2D eigenvalue weighted by molar-refractivity contribution is 0.521. The highest BCUT2D eigenvalue weighted by atomic mass is 35.5. The van der Waals surface area contributed by atoms with Crippen molar-refractivity contribution in [2.45, 2.75) is 12.5 Å². The van der Waals surface area contributed by atoms with Crippen LogP contribution in [0.15, 0.2) is 36.4 Å². The van der Waals surface area contributed by atoms with Gasteiger partial charge < -0.3 is 5.32 Å². The number of hydrogen-bond donors (Lipinski definition) is 1. The molecule has 0 aromatic heterocycles. The van der Waals surface area contributed by atoms with E-state index in [1.165, 1.54) is 12.1 Å². The van der Waals surface area contributed by atoms with Crippen molar-refractivity contribution in [1.29, 1.82) is 0 Å². The largest absolute Gasteiger partial charge is 0.313 e. The molecule has 2 rings (SSSR count). The highest BCUT2D eigenvalue weighted by Crippen LogP contribution is 2.27. The Balaban J connectivity index is 2.31. The van der Waals surface area contributed by atoms with E-state index in [9.17, 15) is 8.78 Å². The predicted octanol–water partition coefficient (Wildman–Crippen LogP) is 4.77. The lowest BCUT2D eigenvalue weighted by Gasteiger charge is -2.18. The van der Waals surface area contributed by atoms with Gasteiger partial charge in [-0.3, -0.25) is 0 Å². The summed E-state index contributed by atoms with van der Waals surface area (Å²) in [7, 11) is 1.71. The molecule has 20 heavy (non-hydrogen) atoms. The lowest BCUT2D eigenvalue weighted by atomic mass is 9.98. The predicted molar refractivity (Wildman–Crippen MR) is 78.3 cm³/mol. The average molecular weight is 316 g/mol. The summed E-state index contributed by atoms with van der Waals surface area (Å²) in [5, 5.41) is 4.14. The number of likely N-dealkylation sites (N-methyl/N-ethyl adjacent to an activating group) is 1. The molecule has 1 atom stereocenters. The zero-order chi connectivity index (χ0) is 14.7. The summed E-state index contributed by atoms with van der Waals surface area (Å²) in [5.41, 5.74) is 1.20. The van der Waals surface area contributed by atoms with Gasteiger partial charge in [-0.1, -0.05) is 29.3 Å². The van der Waals surface area contributed by atoms with Gasteiger partial charge in [-0.2, -0.15) is 0 Å². The first-order chi connectivity index (χ1) is 9.51. The van der Waals surface area contributed by atoms with E-state index < -0.39 is 11.6 Å². The van der Waals surface area contributed by atoms with Crippen LogP contribution in [-0.2, 0) is 6.42 Å². The maximum atomic E-state index is 13.8. The highest BCUT2D eigenvalue weighted by Gasteiger charge is 2.16. The maximum Gasteiger partial charge on any atom is 0.130 e. The molecule has 0 aliphatic carbocycles. The third-order valence-corrected chi connectivity index (χ3v) is 3.72. The number of rotatable bonds is 4. The molecule has 2 aromatic carbocycles. The molecule has 0 saturated heterocycles. The molecule has 0 aliphatic rings. The van der Waals surface area contributed by atoms with Crippen LogP contribution < -0.4 is 5.32 Å². The molecular formula is C15H13Cl2F2N. The molecule has 0 spiro atoms. The molecule has 0 saturated carbocycles. The van der Waals surface area contributed by atoms with Gasteiger partial charge in [0, 0.05) is 27.7 Å². The van der Waals surface area contributed by atoms with Gasteiger partial charge in [0.05, 0.1) is 0 Å². The third-order valence-electron chi connectivity index (χ3n) is 3.12. The van der Waals surface area contributed by atoms with Gasteiger partial charge in [-0.05, 0) is 43.3 Å². The zero-order valence-corrected chi connectivity index (χ0v) is 12.3. The van der Waals surface area contributed by atoms with Crippen LogP contribution in [-0.4, -0.2) is 7.05 Å². The van der Waals surface area contributed by atoms with Crippen LogP contribution >= 0.6 is 23.2 Å². The van der Waals surface area contributed by atoms with Crippen molar-refractivity contribution >= 4 is 23.2 Å². The van der Waals surface area contributed by atoms with Crippen LogP contribution in [0.2, 0.25) is 10.0 Å². The van der Waals surface area contributed by atoms with Gasteiger partial charge in [0.1, 0.15) is 11.6 Å². The zero-order valence-electron chi connectivity index (χ0n) is 10.8. The quantitative estimate of drug-likeness (QED) is 0.856. The Labute approximate surface area is 126 Å². The molecule has 0 aliphatic heterocycles. The Bertz CT molecular complexity index is 617. The highest BCUT2D eigenvalue weighted by molar-refractivity contribution is 6.33. The Morgan fingerprint density at radius 3 is 2.50 bits per heavy atom. The molecule has 0 bridgehead atoms. The molecule has 0 fully saturated rings. The minimum atomic E-state index is -0.595. The van der Waals surface area contributed by atoms with Crippen molar-refractivity contribution in [2.75, 3.05) is 7.05 Å². The van der Waals surface area contributed by atoms with E-state index in [4.69, 9.17) is 23.2 Å². The SMILES string of the molecule is CNC(Cc1cc(Cl)ccc1Cl)c1ccc(F)cc1F. The number of halogens is 4. The Kier molecular flexibility index (Phi) is 4.97. The van der Waals surface area contributed by atoms with Gasteiger partial charge in [0.15, 0.2) is 0 Å². The van der Waals surface area contributed by atoms with E-state index in [-0.39, 0.29) is 6.04 Å². The van der Waals surface area contributed by atoms with E-state index in [1.54, 1.807) is 25.2 Å². The molecule has 0 amide bonds. The first kappa shape index (κ1) is 15.2. The Hall–Kier alpha value is -1.16. The monoisotopic (exact) mass is 315 g/mol. The summed E-state index contributed by atoms with van der Waals surface area (Å²) in [6, 6.07) is 8.38.